The Labute approximate surface area is 159 Å². The number of halogens is 3. The molecule has 7 nitrogen and oxygen atoms in total. The molecule has 0 saturated carbocycles. The van der Waals surface area contributed by atoms with Crippen LogP contribution in [0.15, 0.2) is 47.6 Å². The first-order chi connectivity index (χ1) is 13.0. The van der Waals surface area contributed by atoms with E-state index in [9.17, 15) is 31.5 Å². The molecule has 1 heterocycles. The number of benzene rings is 1. The predicted octanol–water partition coefficient (Wildman–Crippen LogP) is 2.27. The van der Waals surface area contributed by atoms with Crippen molar-refractivity contribution in [3.05, 3.63) is 48.2 Å². The number of carbonyl (C=O) groups is 1. The van der Waals surface area contributed by atoms with E-state index >= 15 is 0 Å². The van der Waals surface area contributed by atoms with Crippen LogP contribution in [-0.4, -0.2) is 42.9 Å². The average molecular weight is 418 g/mol. The summed E-state index contributed by atoms with van der Waals surface area (Å²) in [5.41, 5.74) is -0.737. The normalized spacial score (nSPS) is 13.0. The highest BCUT2D eigenvalue weighted by Crippen LogP contribution is 2.29. The first kappa shape index (κ1) is 21.6. The molecule has 0 aliphatic heterocycles. The highest BCUT2D eigenvalue weighted by atomic mass is 32.2. The number of rotatable bonds is 7. The number of carbonyl (C=O) groups excluding carboxylic acids is 1. The van der Waals surface area contributed by atoms with E-state index in [-0.39, 0.29) is 11.7 Å². The summed E-state index contributed by atoms with van der Waals surface area (Å²) in [7, 11) is -4.13. The maximum atomic E-state index is 12.5. The third-order valence-corrected chi connectivity index (χ3v) is 5.13. The molecule has 1 amide bonds. The number of hydrogen-bond acceptors (Lipinski definition) is 6. The van der Waals surface area contributed by atoms with Gasteiger partial charge in [-0.05, 0) is 24.3 Å². The zero-order valence-corrected chi connectivity index (χ0v) is 15.4. The van der Waals surface area contributed by atoms with Gasteiger partial charge in [-0.2, -0.15) is 13.2 Å². The lowest BCUT2D eigenvalue weighted by Crippen LogP contribution is -2.28. The van der Waals surface area contributed by atoms with Crippen LogP contribution in [-0.2, 0) is 20.8 Å². The number of nitrogens with zero attached hydrogens (tertiary/aromatic N) is 1. The monoisotopic (exact) mass is 418 g/mol. The lowest BCUT2D eigenvalue weighted by molar-refractivity contribution is -0.137. The highest BCUT2D eigenvalue weighted by molar-refractivity contribution is 7.91. The Morgan fingerprint density at radius 1 is 1.25 bits per heavy atom. The second-order valence-corrected chi connectivity index (χ2v) is 7.79. The number of amides is 1. The number of aliphatic hydroxyl groups excluding tert-OH is 1. The first-order valence-corrected chi connectivity index (χ1v) is 9.58. The fourth-order valence-corrected chi connectivity index (χ4v) is 3.45. The first-order valence-electron chi connectivity index (χ1n) is 7.92. The van der Waals surface area contributed by atoms with Crippen molar-refractivity contribution in [3.8, 4) is 5.75 Å². The molecule has 2 N–H and O–H groups in total. The van der Waals surface area contributed by atoms with Crippen molar-refractivity contribution >= 4 is 21.4 Å². The van der Waals surface area contributed by atoms with E-state index in [1.165, 1.54) is 13.0 Å². The number of hydrogen-bond donors (Lipinski definition) is 2. The summed E-state index contributed by atoms with van der Waals surface area (Å²) in [6.07, 6.45) is -5.69. The number of ether oxygens (including phenoxy) is 1. The van der Waals surface area contributed by atoms with Gasteiger partial charge in [0.2, 0.25) is 5.91 Å². The number of alkyl halides is 3. The minimum Gasteiger partial charge on any atom is -0.489 e. The summed E-state index contributed by atoms with van der Waals surface area (Å²) in [6, 6.07) is 7.69. The van der Waals surface area contributed by atoms with Gasteiger partial charge in [0.25, 0.3) is 0 Å². The van der Waals surface area contributed by atoms with E-state index in [4.69, 9.17) is 4.74 Å². The van der Waals surface area contributed by atoms with Gasteiger partial charge >= 0.3 is 6.18 Å². The predicted molar refractivity (Wildman–Crippen MR) is 93.5 cm³/mol. The number of aromatic nitrogens is 1. The largest absolute Gasteiger partial charge is 0.489 e. The Balaban J connectivity index is 2.02. The Bertz CT molecular complexity index is 931. The lowest BCUT2D eigenvalue weighted by Gasteiger charge is -2.15. The molecule has 11 heteroatoms. The van der Waals surface area contributed by atoms with Crippen LogP contribution < -0.4 is 10.1 Å². The summed E-state index contributed by atoms with van der Waals surface area (Å²) in [5, 5.41) is 11.9. The van der Waals surface area contributed by atoms with Crippen LogP contribution in [0.4, 0.5) is 18.9 Å². The molecule has 0 unspecified atom stereocenters. The van der Waals surface area contributed by atoms with E-state index in [1.54, 1.807) is 18.2 Å². The lowest BCUT2D eigenvalue weighted by atomic mass is 10.3. The summed E-state index contributed by atoms with van der Waals surface area (Å²) >= 11 is 0. The van der Waals surface area contributed by atoms with Crippen LogP contribution in [0.2, 0.25) is 0 Å². The third-order valence-electron chi connectivity index (χ3n) is 3.42. The van der Waals surface area contributed by atoms with Gasteiger partial charge in [0.1, 0.15) is 18.5 Å². The Morgan fingerprint density at radius 3 is 2.50 bits per heavy atom. The molecular formula is C17H17F3N2O5S. The number of para-hydroxylation sites is 2. The number of pyridine rings is 1. The zero-order valence-electron chi connectivity index (χ0n) is 14.6. The molecule has 0 bridgehead atoms. The summed E-state index contributed by atoms with van der Waals surface area (Å²) in [6.45, 7) is 0.881. The average Bonchev–Trinajstić information content (AvgIpc) is 2.59. The second kappa shape index (κ2) is 8.57. The molecule has 0 radical (unpaired) electrons. The molecule has 0 aliphatic carbocycles. The van der Waals surface area contributed by atoms with Gasteiger partial charge in [-0.1, -0.05) is 12.1 Å². The van der Waals surface area contributed by atoms with Gasteiger partial charge in [0.15, 0.2) is 14.9 Å². The molecule has 0 saturated heterocycles. The fourth-order valence-electron chi connectivity index (χ4n) is 2.19. The van der Waals surface area contributed by atoms with Gasteiger partial charge in [0.05, 0.1) is 17.0 Å². The second-order valence-electron chi connectivity index (χ2n) is 5.81. The van der Waals surface area contributed by atoms with Crippen molar-refractivity contribution in [2.75, 3.05) is 17.7 Å². The summed E-state index contributed by atoms with van der Waals surface area (Å²) < 4.78 is 67.4. The van der Waals surface area contributed by atoms with Gasteiger partial charge in [0, 0.05) is 13.1 Å². The van der Waals surface area contributed by atoms with Gasteiger partial charge in [-0.15, -0.1) is 0 Å². The number of anilines is 1. The van der Waals surface area contributed by atoms with Gasteiger partial charge < -0.3 is 15.2 Å². The Hall–Kier alpha value is -2.66. The van der Waals surface area contributed by atoms with Gasteiger partial charge in [-0.3, -0.25) is 4.79 Å². The molecule has 2 rings (SSSR count). The van der Waals surface area contributed by atoms with Crippen LogP contribution in [0.1, 0.15) is 12.5 Å². The number of sulfone groups is 1. The number of nitrogens with one attached hydrogen (secondary N) is 1. The molecular weight excluding hydrogens is 401 g/mol. The van der Waals surface area contributed by atoms with Crippen LogP contribution in [0.25, 0.3) is 0 Å². The van der Waals surface area contributed by atoms with Crippen LogP contribution in [0, 0.1) is 0 Å². The van der Waals surface area contributed by atoms with Crippen LogP contribution in [0.3, 0.4) is 0 Å². The van der Waals surface area contributed by atoms with Gasteiger partial charge in [-0.25, -0.2) is 13.4 Å². The van der Waals surface area contributed by atoms with E-state index in [0.29, 0.717) is 18.0 Å². The van der Waals surface area contributed by atoms with Crippen molar-refractivity contribution in [2.45, 2.75) is 24.2 Å². The molecule has 1 aromatic carbocycles. The Morgan fingerprint density at radius 2 is 1.93 bits per heavy atom. The molecule has 0 spiro atoms. The van der Waals surface area contributed by atoms with E-state index in [1.807, 2.05) is 0 Å². The topological polar surface area (TPSA) is 106 Å². The summed E-state index contributed by atoms with van der Waals surface area (Å²) in [5.74, 6) is -0.914. The van der Waals surface area contributed by atoms with E-state index in [0.717, 1.165) is 6.07 Å². The van der Waals surface area contributed by atoms with Crippen LogP contribution in [0.5, 0.6) is 5.75 Å². The maximum Gasteiger partial charge on any atom is 0.417 e. The maximum absolute atomic E-state index is 12.5. The molecule has 1 atom stereocenters. The standard InChI is InChI=1S/C17H17F3N2O5S/c1-11(23)22-14-4-2-3-5-15(14)27-9-13(24)10-28(25,26)16-7-6-12(8-21-16)17(18,19)20/h2-8,13,24H,9-10H2,1H3,(H,22,23)/t13-/m1/s1. The summed E-state index contributed by atoms with van der Waals surface area (Å²) in [4.78, 5) is 14.5. The van der Waals surface area contributed by atoms with Crippen molar-refractivity contribution in [3.63, 3.8) is 0 Å². The molecule has 1 aromatic heterocycles. The fraction of sp³-hybridized carbons (Fsp3) is 0.294. The van der Waals surface area contributed by atoms with Crippen molar-refractivity contribution in [1.82, 2.24) is 4.98 Å². The molecule has 28 heavy (non-hydrogen) atoms. The van der Waals surface area contributed by atoms with E-state index < -0.39 is 45.1 Å². The van der Waals surface area contributed by atoms with Crippen molar-refractivity contribution in [2.24, 2.45) is 0 Å². The SMILES string of the molecule is CC(=O)Nc1ccccc1OC[C@@H](O)CS(=O)(=O)c1ccc(C(F)(F)F)cn1. The molecule has 152 valence electrons. The van der Waals surface area contributed by atoms with Crippen LogP contribution >= 0.6 is 0 Å². The van der Waals surface area contributed by atoms with Crippen molar-refractivity contribution in [1.29, 1.82) is 0 Å². The molecule has 0 fully saturated rings. The minimum absolute atomic E-state index is 0.224. The smallest absolute Gasteiger partial charge is 0.417 e. The zero-order chi connectivity index (χ0) is 20.9. The third kappa shape index (κ3) is 5.92. The Kier molecular flexibility index (Phi) is 6.62. The molecule has 0 aliphatic rings. The van der Waals surface area contributed by atoms with E-state index in [2.05, 4.69) is 10.3 Å². The minimum atomic E-state index is -4.63. The highest BCUT2D eigenvalue weighted by Gasteiger charge is 2.31. The van der Waals surface area contributed by atoms with Crippen molar-refractivity contribution < 1.29 is 36.2 Å². The quantitative estimate of drug-likeness (QED) is 0.715. The molecule has 2 aromatic rings. The number of aliphatic hydroxyl groups is 1.